The van der Waals surface area contributed by atoms with E-state index in [0.717, 1.165) is 11.3 Å². The molecule has 0 atom stereocenters. The molecule has 0 aliphatic rings. The summed E-state index contributed by atoms with van der Waals surface area (Å²) in [5.74, 6) is 0.368. The highest BCUT2D eigenvalue weighted by Crippen LogP contribution is 2.14. The molecule has 2 aromatic heterocycles. The molecule has 2 heterocycles. The number of nitrogens with one attached hydrogen (secondary N) is 3. The third kappa shape index (κ3) is 3.88. The summed E-state index contributed by atoms with van der Waals surface area (Å²) in [6, 6.07) is 9.98. The number of aromatic amines is 2. The number of hydrogen-bond acceptors (Lipinski definition) is 3. The van der Waals surface area contributed by atoms with Crippen LogP contribution in [-0.2, 0) is 17.8 Å². The molecule has 25 heavy (non-hydrogen) atoms. The molecule has 0 fully saturated rings. The van der Waals surface area contributed by atoms with Gasteiger partial charge in [0.15, 0.2) is 0 Å². The first kappa shape index (κ1) is 16.8. The number of H-pyrrole nitrogens is 2. The topological polar surface area (TPSA) is 95.6 Å². The molecule has 0 bridgehead atoms. The molecule has 0 aliphatic carbocycles. The second kappa shape index (κ2) is 6.80. The van der Waals surface area contributed by atoms with Crippen LogP contribution in [0.5, 0.6) is 0 Å². The average Bonchev–Trinajstić information content (AvgIpc) is 3.04. The van der Waals surface area contributed by atoms with Gasteiger partial charge in [-0.3, -0.25) is 14.7 Å². The number of aromatic nitrogens is 4. The standard InChI is InChI=1S/C18H21N5O2/c1-11-5-4-6-14(7-11)10-23-16(8-12(2)22-23)19-17(24)9-15-13(3)20-21-18(15)25/h4-8H,9-10H2,1-3H3,(H,19,24)(H2,20,21,25). The summed E-state index contributed by atoms with van der Waals surface area (Å²) >= 11 is 0. The average molecular weight is 339 g/mol. The van der Waals surface area contributed by atoms with Crippen molar-refractivity contribution in [1.82, 2.24) is 20.0 Å². The fraction of sp³-hybridized carbons (Fsp3) is 0.278. The van der Waals surface area contributed by atoms with Gasteiger partial charge in [-0.2, -0.15) is 5.10 Å². The molecule has 130 valence electrons. The summed E-state index contributed by atoms with van der Waals surface area (Å²) in [4.78, 5) is 24.0. The molecule has 3 N–H and O–H groups in total. The summed E-state index contributed by atoms with van der Waals surface area (Å²) in [5.41, 5.74) is 3.95. The van der Waals surface area contributed by atoms with Gasteiger partial charge in [-0.15, -0.1) is 0 Å². The molecule has 0 unspecified atom stereocenters. The van der Waals surface area contributed by atoms with Crippen molar-refractivity contribution in [1.29, 1.82) is 0 Å². The largest absolute Gasteiger partial charge is 0.311 e. The van der Waals surface area contributed by atoms with Crippen molar-refractivity contribution in [3.8, 4) is 0 Å². The highest BCUT2D eigenvalue weighted by atomic mass is 16.2. The van der Waals surface area contributed by atoms with E-state index in [1.807, 2.05) is 38.1 Å². The number of anilines is 1. The van der Waals surface area contributed by atoms with Gasteiger partial charge in [0.25, 0.3) is 5.56 Å². The van der Waals surface area contributed by atoms with Crippen molar-refractivity contribution in [2.75, 3.05) is 5.32 Å². The third-order valence-electron chi connectivity index (χ3n) is 4.01. The van der Waals surface area contributed by atoms with Gasteiger partial charge in [0.2, 0.25) is 5.91 Å². The van der Waals surface area contributed by atoms with Crippen LogP contribution in [0.25, 0.3) is 0 Å². The van der Waals surface area contributed by atoms with Crippen molar-refractivity contribution in [2.24, 2.45) is 0 Å². The Morgan fingerprint density at radius 1 is 1.20 bits per heavy atom. The van der Waals surface area contributed by atoms with Crippen LogP contribution >= 0.6 is 0 Å². The van der Waals surface area contributed by atoms with E-state index in [1.165, 1.54) is 5.56 Å². The third-order valence-corrected chi connectivity index (χ3v) is 4.01. The first-order valence-corrected chi connectivity index (χ1v) is 8.08. The quantitative estimate of drug-likeness (QED) is 0.664. The summed E-state index contributed by atoms with van der Waals surface area (Å²) in [6.45, 7) is 6.24. The minimum Gasteiger partial charge on any atom is -0.311 e. The van der Waals surface area contributed by atoms with Crippen molar-refractivity contribution in [3.05, 3.63) is 68.8 Å². The number of carbonyl (C=O) groups excluding carboxylic acids is 1. The molecule has 0 radical (unpaired) electrons. The minimum absolute atomic E-state index is 0.0132. The van der Waals surface area contributed by atoms with E-state index in [1.54, 1.807) is 11.6 Å². The molecular weight excluding hydrogens is 318 g/mol. The van der Waals surface area contributed by atoms with E-state index in [0.29, 0.717) is 23.6 Å². The van der Waals surface area contributed by atoms with E-state index in [2.05, 4.69) is 26.7 Å². The van der Waals surface area contributed by atoms with E-state index in [9.17, 15) is 9.59 Å². The Morgan fingerprint density at radius 2 is 2.00 bits per heavy atom. The van der Waals surface area contributed by atoms with Crippen LogP contribution in [0.3, 0.4) is 0 Å². The maximum atomic E-state index is 12.3. The summed E-state index contributed by atoms with van der Waals surface area (Å²) < 4.78 is 1.76. The molecule has 3 aromatic rings. The molecule has 1 amide bonds. The molecule has 0 spiro atoms. The van der Waals surface area contributed by atoms with Gasteiger partial charge in [-0.1, -0.05) is 29.8 Å². The van der Waals surface area contributed by atoms with Crippen LogP contribution in [0.15, 0.2) is 35.1 Å². The van der Waals surface area contributed by atoms with Crippen molar-refractivity contribution in [3.63, 3.8) is 0 Å². The van der Waals surface area contributed by atoms with E-state index >= 15 is 0 Å². The van der Waals surface area contributed by atoms with Gasteiger partial charge in [-0.25, -0.2) is 4.68 Å². The molecule has 3 rings (SSSR count). The van der Waals surface area contributed by atoms with E-state index in [4.69, 9.17) is 0 Å². The molecule has 1 aromatic carbocycles. The normalized spacial score (nSPS) is 10.8. The van der Waals surface area contributed by atoms with Gasteiger partial charge < -0.3 is 10.4 Å². The molecular formula is C18H21N5O2. The first-order chi connectivity index (χ1) is 11.9. The first-order valence-electron chi connectivity index (χ1n) is 8.08. The fourth-order valence-corrected chi connectivity index (χ4v) is 2.78. The second-order valence-corrected chi connectivity index (χ2v) is 6.23. The van der Waals surface area contributed by atoms with Crippen LogP contribution in [0, 0.1) is 20.8 Å². The molecule has 7 heteroatoms. The van der Waals surface area contributed by atoms with Crippen LogP contribution in [-0.4, -0.2) is 25.9 Å². The Balaban J connectivity index is 1.76. The molecule has 0 saturated carbocycles. The van der Waals surface area contributed by atoms with Gasteiger partial charge in [0.05, 0.1) is 18.7 Å². The Morgan fingerprint density at radius 3 is 2.68 bits per heavy atom. The highest BCUT2D eigenvalue weighted by Gasteiger charge is 2.14. The van der Waals surface area contributed by atoms with E-state index in [-0.39, 0.29) is 17.9 Å². The Labute approximate surface area is 145 Å². The van der Waals surface area contributed by atoms with Crippen LogP contribution < -0.4 is 10.9 Å². The number of benzene rings is 1. The number of hydrogen-bond donors (Lipinski definition) is 3. The predicted molar refractivity (Wildman–Crippen MR) is 95.7 cm³/mol. The monoisotopic (exact) mass is 339 g/mol. The zero-order chi connectivity index (χ0) is 18.0. The molecule has 0 aliphatic heterocycles. The summed E-state index contributed by atoms with van der Waals surface area (Å²) in [5, 5.41) is 12.5. The molecule has 0 saturated heterocycles. The second-order valence-electron chi connectivity index (χ2n) is 6.23. The van der Waals surface area contributed by atoms with E-state index < -0.39 is 0 Å². The summed E-state index contributed by atoms with van der Waals surface area (Å²) in [7, 11) is 0. The van der Waals surface area contributed by atoms with Gasteiger partial charge >= 0.3 is 0 Å². The van der Waals surface area contributed by atoms with Gasteiger partial charge in [0.1, 0.15) is 5.82 Å². The number of nitrogens with zero attached hydrogens (tertiary/aromatic N) is 2. The number of rotatable bonds is 5. The lowest BCUT2D eigenvalue weighted by molar-refractivity contribution is -0.115. The maximum Gasteiger partial charge on any atom is 0.267 e. The number of aryl methyl sites for hydroxylation is 3. The Hall–Kier alpha value is -3.09. The predicted octanol–water partition coefficient (Wildman–Crippen LogP) is 2.05. The zero-order valence-electron chi connectivity index (χ0n) is 14.5. The SMILES string of the molecule is Cc1cccc(Cn2nc(C)cc2NC(=O)Cc2c(C)[nH][nH]c2=O)c1. The zero-order valence-corrected chi connectivity index (χ0v) is 14.5. The lowest BCUT2D eigenvalue weighted by Crippen LogP contribution is -2.21. The Bertz CT molecular complexity index is 964. The van der Waals surface area contributed by atoms with Gasteiger partial charge in [-0.05, 0) is 26.3 Å². The summed E-state index contributed by atoms with van der Waals surface area (Å²) in [6.07, 6.45) is 0.0132. The Kier molecular flexibility index (Phi) is 4.56. The maximum absolute atomic E-state index is 12.3. The number of amides is 1. The van der Waals surface area contributed by atoms with Crippen molar-refractivity contribution < 1.29 is 4.79 Å². The number of carbonyl (C=O) groups is 1. The van der Waals surface area contributed by atoms with Crippen LogP contribution in [0.1, 0.15) is 28.1 Å². The molecule has 7 nitrogen and oxygen atoms in total. The lowest BCUT2D eigenvalue weighted by atomic mass is 10.1. The van der Waals surface area contributed by atoms with Crippen molar-refractivity contribution in [2.45, 2.75) is 33.7 Å². The lowest BCUT2D eigenvalue weighted by Gasteiger charge is -2.09. The smallest absolute Gasteiger partial charge is 0.267 e. The fourth-order valence-electron chi connectivity index (χ4n) is 2.78. The van der Waals surface area contributed by atoms with Crippen LogP contribution in [0.2, 0.25) is 0 Å². The highest BCUT2D eigenvalue weighted by molar-refractivity contribution is 5.91. The van der Waals surface area contributed by atoms with Crippen LogP contribution in [0.4, 0.5) is 5.82 Å². The minimum atomic E-state index is -0.267. The van der Waals surface area contributed by atoms with Gasteiger partial charge in [0, 0.05) is 17.3 Å². The van der Waals surface area contributed by atoms with Crippen molar-refractivity contribution >= 4 is 11.7 Å².